The van der Waals surface area contributed by atoms with Crippen LogP contribution in [0.25, 0.3) is 0 Å². The van der Waals surface area contributed by atoms with Crippen LogP contribution in [0.4, 0.5) is 0 Å². The van der Waals surface area contributed by atoms with E-state index in [1.807, 2.05) is 17.9 Å². The van der Waals surface area contributed by atoms with Crippen molar-refractivity contribution in [2.24, 2.45) is 7.05 Å². The highest BCUT2D eigenvalue weighted by atomic mass is 16.5. The van der Waals surface area contributed by atoms with Gasteiger partial charge in [-0.15, -0.1) is 0 Å². The first-order chi connectivity index (χ1) is 12.1. The van der Waals surface area contributed by atoms with Crippen molar-refractivity contribution < 1.29 is 14.1 Å². The zero-order valence-corrected chi connectivity index (χ0v) is 14.6. The van der Waals surface area contributed by atoms with Crippen LogP contribution in [0.1, 0.15) is 65.5 Å². The summed E-state index contributed by atoms with van der Waals surface area (Å²) in [6, 6.07) is 1.67. The number of nitrogens with zero attached hydrogens (tertiary/aromatic N) is 5. The molecule has 4 heterocycles. The van der Waals surface area contributed by atoms with E-state index in [1.165, 1.54) is 0 Å². The molecule has 0 unspecified atom stereocenters. The first-order valence-corrected chi connectivity index (χ1v) is 8.86. The molecule has 134 valence electrons. The molecule has 2 aliphatic rings. The van der Waals surface area contributed by atoms with Crippen LogP contribution in [0.2, 0.25) is 0 Å². The summed E-state index contributed by atoms with van der Waals surface area (Å²) in [4.78, 5) is 19.4. The number of likely N-dealkylation sites (tertiary alicyclic amines) is 1. The van der Waals surface area contributed by atoms with Crippen molar-refractivity contribution in [1.29, 1.82) is 0 Å². The molecule has 0 N–H and O–H groups in total. The molecule has 2 fully saturated rings. The van der Waals surface area contributed by atoms with Crippen LogP contribution in [-0.4, -0.2) is 50.5 Å². The van der Waals surface area contributed by atoms with E-state index in [2.05, 4.69) is 15.2 Å². The number of rotatable bonds is 3. The van der Waals surface area contributed by atoms with E-state index < -0.39 is 0 Å². The molecule has 0 spiro atoms. The number of aryl methyl sites for hydroxylation is 2. The summed E-state index contributed by atoms with van der Waals surface area (Å²) in [6.07, 6.45) is 3.61. The van der Waals surface area contributed by atoms with Crippen LogP contribution in [-0.2, 0) is 11.8 Å². The lowest BCUT2D eigenvalue weighted by atomic mass is 10.00. The van der Waals surface area contributed by atoms with E-state index in [-0.39, 0.29) is 17.9 Å². The Morgan fingerprint density at radius 2 is 2.08 bits per heavy atom. The molecule has 4 rings (SSSR count). The van der Waals surface area contributed by atoms with E-state index in [0.717, 1.165) is 50.4 Å². The first kappa shape index (κ1) is 16.3. The third kappa shape index (κ3) is 3.06. The van der Waals surface area contributed by atoms with Crippen LogP contribution in [0, 0.1) is 6.92 Å². The molecular weight excluding hydrogens is 322 g/mol. The van der Waals surface area contributed by atoms with Gasteiger partial charge in [-0.25, -0.2) is 0 Å². The third-order valence-corrected chi connectivity index (χ3v) is 5.06. The fraction of sp³-hybridized carbons (Fsp3) is 0.647. The Hall–Kier alpha value is -2.22. The van der Waals surface area contributed by atoms with Gasteiger partial charge in [0.05, 0.1) is 5.69 Å². The van der Waals surface area contributed by atoms with E-state index in [4.69, 9.17) is 9.26 Å². The minimum atomic E-state index is -0.149. The molecule has 0 aliphatic carbocycles. The second kappa shape index (κ2) is 6.59. The molecule has 0 bridgehead atoms. The Balaban J connectivity index is 1.54. The normalized spacial score (nSPS) is 21.8. The molecule has 8 nitrogen and oxygen atoms in total. The maximum Gasteiger partial charge on any atom is 0.272 e. The van der Waals surface area contributed by atoms with E-state index in [0.29, 0.717) is 18.1 Å². The molecule has 1 atom stereocenters. The summed E-state index contributed by atoms with van der Waals surface area (Å²) in [5, 5.41) is 8.45. The highest BCUT2D eigenvalue weighted by Gasteiger charge is 2.36. The number of hydrogen-bond donors (Lipinski definition) is 0. The fourth-order valence-electron chi connectivity index (χ4n) is 3.73. The Bertz CT molecular complexity index is 762. The van der Waals surface area contributed by atoms with Crippen molar-refractivity contribution >= 4 is 5.91 Å². The predicted octanol–water partition coefficient (Wildman–Crippen LogP) is 1.98. The van der Waals surface area contributed by atoms with Crippen molar-refractivity contribution in [3.05, 3.63) is 29.2 Å². The van der Waals surface area contributed by atoms with Gasteiger partial charge in [-0.1, -0.05) is 5.16 Å². The topological polar surface area (TPSA) is 86.3 Å². The van der Waals surface area contributed by atoms with Gasteiger partial charge < -0.3 is 14.2 Å². The van der Waals surface area contributed by atoms with Crippen LogP contribution in [0.5, 0.6) is 0 Å². The molecule has 0 aromatic carbocycles. The SMILES string of the molecule is Cc1cc(C(=O)N2CCC[C@H]2c2nc(C3CCOCC3)no2)n(C)n1. The van der Waals surface area contributed by atoms with Gasteiger partial charge in [0, 0.05) is 32.7 Å². The average Bonchev–Trinajstić information content (AvgIpc) is 3.33. The summed E-state index contributed by atoms with van der Waals surface area (Å²) >= 11 is 0. The second-order valence-electron chi connectivity index (χ2n) is 6.83. The van der Waals surface area contributed by atoms with Crippen LogP contribution in [0.3, 0.4) is 0 Å². The van der Waals surface area contributed by atoms with Gasteiger partial charge in [0.25, 0.3) is 5.91 Å². The molecule has 0 radical (unpaired) electrons. The molecule has 25 heavy (non-hydrogen) atoms. The third-order valence-electron chi connectivity index (χ3n) is 5.06. The van der Waals surface area contributed by atoms with Gasteiger partial charge in [0.1, 0.15) is 11.7 Å². The number of aromatic nitrogens is 4. The Kier molecular flexibility index (Phi) is 4.29. The van der Waals surface area contributed by atoms with Crippen molar-refractivity contribution in [3.8, 4) is 0 Å². The molecule has 1 amide bonds. The summed E-state index contributed by atoms with van der Waals surface area (Å²) < 4.78 is 12.6. The summed E-state index contributed by atoms with van der Waals surface area (Å²) in [5.74, 6) is 1.55. The van der Waals surface area contributed by atoms with Gasteiger partial charge in [-0.2, -0.15) is 10.1 Å². The second-order valence-corrected chi connectivity index (χ2v) is 6.83. The molecule has 0 saturated carbocycles. The molecule has 8 heteroatoms. The van der Waals surface area contributed by atoms with Crippen LogP contribution >= 0.6 is 0 Å². The van der Waals surface area contributed by atoms with Crippen LogP contribution in [0.15, 0.2) is 10.6 Å². The summed E-state index contributed by atoms with van der Waals surface area (Å²) in [6.45, 7) is 4.06. The molecule has 2 aliphatic heterocycles. The zero-order valence-electron chi connectivity index (χ0n) is 14.6. The monoisotopic (exact) mass is 345 g/mol. The zero-order chi connectivity index (χ0) is 17.4. The van der Waals surface area contributed by atoms with Gasteiger partial charge in [0.2, 0.25) is 5.89 Å². The van der Waals surface area contributed by atoms with E-state index in [1.54, 1.807) is 11.7 Å². The molecule has 2 saturated heterocycles. The lowest BCUT2D eigenvalue weighted by Gasteiger charge is -2.22. The highest BCUT2D eigenvalue weighted by Crippen LogP contribution is 2.34. The van der Waals surface area contributed by atoms with Gasteiger partial charge in [0.15, 0.2) is 5.82 Å². The molecule has 2 aromatic heterocycles. The number of hydrogen-bond acceptors (Lipinski definition) is 6. The minimum absolute atomic E-state index is 0.0311. The Morgan fingerprint density at radius 3 is 2.80 bits per heavy atom. The lowest BCUT2D eigenvalue weighted by molar-refractivity contribution is 0.0698. The fourth-order valence-corrected chi connectivity index (χ4v) is 3.73. The Morgan fingerprint density at radius 1 is 1.28 bits per heavy atom. The predicted molar refractivity (Wildman–Crippen MR) is 88.0 cm³/mol. The van der Waals surface area contributed by atoms with E-state index in [9.17, 15) is 4.79 Å². The largest absolute Gasteiger partial charge is 0.381 e. The first-order valence-electron chi connectivity index (χ1n) is 8.86. The smallest absolute Gasteiger partial charge is 0.272 e. The Labute approximate surface area is 146 Å². The van der Waals surface area contributed by atoms with E-state index >= 15 is 0 Å². The van der Waals surface area contributed by atoms with Gasteiger partial charge in [-0.05, 0) is 38.7 Å². The number of carbonyl (C=O) groups excluding carboxylic acids is 1. The highest BCUT2D eigenvalue weighted by molar-refractivity contribution is 5.93. The van der Waals surface area contributed by atoms with Crippen molar-refractivity contribution in [2.45, 2.75) is 44.6 Å². The maximum atomic E-state index is 12.9. The van der Waals surface area contributed by atoms with Gasteiger partial charge in [-0.3, -0.25) is 9.48 Å². The quantitative estimate of drug-likeness (QED) is 0.845. The van der Waals surface area contributed by atoms with Crippen molar-refractivity contribution in [1.82, 2.24) is 24.8 Å². The molecule has 2 aromatic rings. The maximum absolute atomic E-state index is 12.9. The van der Waals surface area contributed by atoms with Crippen molar-refractivity contribution in [2.75, 3.05) is 19.8 Å². The van der Waals surface area contributed by atoms with Crippen molar-refractivity contribution in [3.63, 3.8) is 0 Å². The number of amides is 1. The van der Waals surface area contributed by atoms with Crippen LogP contribution < -0.4 is 0 Å². The standard InChI is InChI=1S/C17H23N5O3/c1-11-10-14(21(2)19-11)17(23)22-7-3-4-13(22)16-18-15(20-25-16)12-5-8-24-9-6-12/h10,12-13H,3-9H2,1-2H3/t13-/m0/s1. The summed E-state index contributed by atoms with van der Waals surface area (Å²) in [7, 11) is 1.79. The average molecular weight is 345 g/mol. The molecular formula is C17H23N5O3. The van der Waals surface area contributed by atoms with Gasteiger partial charge >= 0.3 is 0 Å². The lowest BCUT2D eigenvalue weighted by Crippen LogP contribution is -2.32. The minimum Gasteiger partial charge on any atom is -0.381 e. The summed E-state index contributed by atoms with van der Waals surface area (Å²) in [5.41, 5.74) is 1.43. The number of carbonyl (C=O) groups is 1. The number of ether oxygens (including phenoxy) is 1.